The molecule has 0 aliphatic heterocycles. The molecule has 0 saturated carbocycles. The zero-order chi connectivity index (χ0) is 32.2. The van der Waals surface area contributed by atoms with Crippen LogP contribution in [0.2, 0.25) is 0 Å². The first-order valence-electron chi connectivity index (χ1n) is 20.1. The fraction of sp³-hybridized carbons (Fsp3) is 0.727. The maximum atomic E-state index is 7.03. The van der Waals surface area contributed by atoms with Crippen molar-refractivity contribution in [2.24, 2.45) is 0 Å². The van der Waals surface area contributed by atoms with Crippen LogP contribution in [0.3, 0.4) is 0 Å². The topological polar surface area (TPSA) is 9.23 Å². The van der Waals surface area contributed by atoms with Crippen molar-refractivity contribution in [2.75, 3.05) is 0 Å². The summed E-state index contributed by atoms with van der Waals surface area (Å²) >= 11 is 0. The van der Waals surface area contributed by atoms with Crippen molar-refractivity contribution in [3.05, 3.63) is 58.7 Å². The van der Waals surface area contributed by atoms with E-state index in [1.54, 1.807) is 0 Å². The fourth-order valence-electron chi connectivity index (χ4n) is 6.92. The second kappa shape index (κ2) is 30.3. The standard InChI is InChI=1S/C44H74O.Na/c1-5-9-13-17-21-25-31-39-33-29-37-43(41(39)35-27-23-19-15-11-7-3)45-44-38-30-34-40(32-26-22-18-14-10-6-2)42(44)36-28-24-20-16-12-8-4;/h29-30,33-34,37-38H,5-28,31-32,35-36H2,1-4H3;. The van der Waals surface area contributed by atoms with Crippen molar-refractivity contribution in [2.45, 2.75) is 207 Å². The molecule has 0 heterocycles. The zero-order valence-corrected chi connectivity index (χ0v) is 33.7. The van der Waals surface area contributed by atoms with Gasteiger partial charge in [-0.3, -0.25) is 0 Å². The van der Waals surface area contributed by atoms with Gasteiger partial charge < -0.3 is 4.74 Å². The van der Waals surface area contributed by atoms with E-state index >= 15 is 0 Å². The third kappa shape index (κ3) is 19.3. The minimum atomic E-state index is 0. The van der Waals surface area contributed by atoms with Crippen LogP contribution >= 0.6 is 0 Å². The molecule has 0 aromatic heterocycles. The molecular weight excluding hydrogens is 567 g/mol. The second-order valence-corrected chi connectivity index (χ2v) is 14.0. The summed E-state index contributed by atoms with van der Waals surface area (Å²) in [5.74, 6) is 2.26. The maximum Gasteiger partial charge on any atom is 0.130 e. The number of hydrogen-bond donors (Lipinski definition) is 0. The molecule has 0 aliphatic rings. The summed E-state index contributed by atoms with van der Waals surface area (Å²) in [5, 5.41) is 0. The Balaban J connectivity index is 0.0000106. The first kappa shape index (κ1) is 43.3. The first-order valence-corrected chi connectivity index (χ1v) is 20.1. The van der Waals surface area contributed by atoms with Crippen molar-refractivity contribution >= 4 is 29.6 Å². The van der Waals surface area contributed by atoms with E-state index < -0.39 is 0 Å². The van der Waals surface area contributed by atoms with Gasteiger partial charge in [-0.1, -0.05) is 180 Å². The zero-order valence-electron chi connectivity index (χ0n) is 31.7. The molecule has 0 fully saturated rings. The molecule has 2 aromatic carbocycles. The fourth-order valence-corrected chi connectivity index (χ4v) is 6.92. The van der Waals surface area contributed by atoms with Gasteiger partial charge in [0.15, 0.2) is 0 Å². The van der Waals surface area contributed by atoms with Crippen molar-refractivity contribution < 1.29 is 4.74 Å². The molecule has 1 radical (unpaired) electrons. The summed E-state index contributed by atoms with van der Waals surface area (Å²) < 4.78 is 7.03. The quantitative estimate of drug-likeness (QED) is 0.0609. The molecule has 1 nitrogen and oxygen atoms in total. The summed E-state index contributed by atoms with van der Waals surface area (Å²) in [6.07, 6.45) is 37.0. The average Bonchev–Trinajstić information content (AvgIpc) is 3.05. The van der Waals surface area contributed by atoms with Crippen LogP contribution in [-0.4, -0.2) is 29.6 Å². The van der Waals surface area contributed by atoms with Gasteiger partial charge in [-0.2, -0.15) is 0 Å². The van der Waals surface area contributed by atoms with E-state index in [2.05, 4.69) is 64.1 Å². The molecule has 0 spiro atoms. The van der Waals surface area contributed by atoms with E-state index in [0.717, 1.165) is 24.3 Å². The second-order valence-electron chi connectivity index (χ2n) is 14.0. The number of aryl methyl sites for hydroxylation is 2. The molecule has 257 valence electrons. The van der Waals surface area contributed by atoms with Crippen molar-refractivity contribution in [3.8, 4) is 11.5 Å². The molecule has 46 heavy (non-hydrogen) atoms. The molecule has 0 atom stereocenters. The van der Waals surface area contributed by atoms with Gasteiger partial charge >= 0.3 is 0 Å². The third-order valence-electron chi connectivity index (χ3n) is 9.84. The van der Waals surface area contributed by atoms with Gasteiger partial charge in [0.25, 0.3) is 0 Å². The summed E-state index contributed by atoms with van der Waals surface area (Å²) in [6.45, 7) is 9.24. The number of rotatable bonds is 30. The Labute approximate surface area is 310 Å². The molecule has 0 saturated heterocycles. The molecule has 2 heteroatoms. The van der Waals surface area contributed by atoms with Gasteiger partial charge in [-0.15, -0.1) is 0 Å². The van der Waals surface area contributed by atoms with Gasteiger partial charge in [-0.05, 0) is 85.8 Å². The molecule has 0 amide bonds. The Morgan fingerprint density at radius 3 is 0.957 bits per heavy atom. The molecule has 0 bridgehead atoms. The SMILES string of the molecule is CCCCCCCCc1cccc(Oc2cccc(CCCCCCCC)c2CCCCCCCC)c1CCCCCCCC.[Na]. The largest absolute Gasteiger partial charge is 0.457 e. The molecule has 2 rings (SSSR count). The van der Waals surface area contributed by atoms with Crippen molar-refractivity contribution in [1.29, 1.82) is 0 Å². The van der Waals surface area contributed by atoms with Crippen molar-refractivity contribution in [3.63, 3.8) is 0 Å². The Kier molecular flexibility index (Phi) is 28.5. The summed E-state index contributed by atoms with van der Waals surface area (Å²) in [4.78, 5) is 0. The van der Waals surface area contributed by atoms with E-state index in [4.69, 9.17) is 4.74 Å². The van der Waals surface area contributed by atoms with Crippen LogP contribution in [0.1, 0.15) is 204 Å². The molecular formula is C44H74NaO. The smallest absolute Gasteiger partial charge is 0.130 e. The molecule has 2 aromatic rings. The Bertz CT molecular complexity index is 889. The van der Waals surface area contributed by atoms with Crippen LogP contribution in [-0.2, 0) is 25.7 Å². The summed E-state index contributed by atoms with van der Waals surface area (Å²) in [5.41, 5.74) is 6.07. The van der Waals surface area contributed by atoms with Crippen LogP contribution < -0.4 is 4.74 Å². The van der Waals surface area contributed by atoms with Crippen molar-refractivity contribution in [1.82, 2.24) is 0 Å². The number of benzene rings is 2. The van der Waals surface area contributed by atoms with Gasteiger partial charge in [0.1, 0.15) is 11.5 Å². The van der Waals surface area contributed by atoms with E-state index in [0.29, 0.717) is 0 Å². The van der Waals surface area contributed by atoms with Crippen LogP contribution in [0.15, 0.2) is 36.4 Å². The van der Waals surface area contributed by atoms with Gasteiger partial charge in [0.2, 0.25) is 0 Å². The van der Waals surface area contributed by atoms with Crippen LogP contribution in [0.5, 0.6) is 11.5 Å². The van der Waals surface area contributed by atoms with E-state index in [1.165, 1.54) is 189 Å². The first-order chi connectivity index (χ1) is 22.2. The predicted molar refractivity (Wildman–Crippen MR) is 207 cm³/mol. The van der Waals surface area contributed by atoms with Gasteiger partial charge in [0, 0.05) is 29.6 Å². The summed E-state index contributed by atoms with van der Waals surface area (Å²) in [7, 11) is 0. The molecule has 0 unspecified atom stereocenters. The third-order valence-corrected chi connectivity index (χ3v) is 9.84. The maximum absolute atomic E-state index is 7.03. The van der Waals surface area contributed by atoms with E-state index in [9.17, 15) is 0 Å². The molecule has 0 N–H and O–H groups in total. The van der Waals surface area contributed by atoms with Crippen LogP contribution in [0.25, 0.3) is 0 Å². The number of ether oxygens (including phenoxy) is 1. The van der Waals surface area contributed by atoms with Crippen LogP contribution in [0.4, 0.5) is 0 Å². The van der Waals surface area contributed by atoms with E-state index in [1.807, 2.05) is 0 Å². The van der Waals surface area contributed by atoms with Gasteiger partial charge in [-0.25, -0.2) is 0 Å². The molecule has 0 aliphatic carbocycles. The predicted octanol–water partition coefficient (Wildman–Crippen LogP) is 14.7. The Morgan fingerprint density at radius 2 is 0.630 bits per heavy atom. The van der Waals surface area contributed by atoms with E-state index in [-0.39, 0.29) is 29.6 Å². The number of hydrogen-bond acceptors (Lipinski definition) is 1. The van der Waals surface area contributed by atoms with Gasteiger partial charge in [0.05, 0.1) is 0 Å². The monoisotopic (exact) mass is 642 g/mol. The number of unbranched alkanes of at least 4 members (excludes halogenated alkanes) is 20. The Morgan fingerprint density at radius 1 is 0.348 bits per heavy atom. The Hall–Kier alpha value is -0.760. The normalized spacial score (nSPS) is 11.1. The minimum absolute atomic E-state index is 0. The average molecular weight is 642 g/mol. The van der Waals surface area contributed by atoms with Crippen LogP contribution in [0, 0.1) is 0 Å². The summed E-state index contributed by atoms with van der Waals surface area (Å²) in [6, 6.07) is 13.9. The minimum Gasteiger partial charge on any atom is -0.457 e.